The Morgan fingerprint density at radius 1 is 1.00 bits per heavy atom. The van der Waals surface area contributed by atoms with Crippen molar-refractivity contribution in [1.82, 2.24) is 9.80 Å². The number of nitrogens with zero attached hydrogens (tertiary/aromatic N) is 2. The third-order valence-electron chi connectivity index (χ3n) is 5.45. The van der Waals surface area contributed by atoms with E-state index < -0.39 is 0 Å². The van der Waals surface area contributed by atoms with Crippen molar-refractivity contribution in [1.29, 1.82) is 0 Å². The van der Waals surface area contributed by atoms with Crippen molar-refractivity contribution < 1.29 is 19.1 Å². The third-order valence-corrected chi connectivity index (χ3v) is 7.09. The van der Waals surface area contributed by atoms with Gasteiger partial charge in [-0.1, -0.05) is 41.4 Å². The van der Waals surface area contributed by atoms with E-state index in [1.54, 1.807) is 48.5 Å². The molecule has 6 nitrogen and oxygen atoms in total. The largest absolute Gasteiger partial charge is 0.484 e. The lowest BCUT2D eigenvalue weighted by molar-refractivity contribution is -0.134. The number of hydrogen-bond donors (Lipinski definition) is 0. The van der Waals surface area contributed by atoms with Gasteiger partial charge in [0.05, 0.1) is 21.5 Å². The zero-order valence-corrected chi connectivity index (χ0v) is 20.1. The lowest BCUT2D eigenvalue weighted by Gasteiger charge is -2.26. The molecule has 33 heavy (non-hydrogen) atoms. The predicted molar refractivity (Wildman–Crippen MR) is 130 cm³/mol. The molecule has 9 heteroatoms. The zero-order chi connectivity index (χ0) is 23.4. The van der Waals surface area contributed by atoms with E-state index in [2.05, 4.69) is 0 Å². The van der Waals surface area contributed by atoms with Gasteiger partial charge in [0.2, 0.25) is 0 Å². The van der Waals surface area contributed by atoms with Crippen LogP contribution in [0.15, 0.2) is 47.4 Å². The van der Waals surface area contributed by atoms with Gasteiger partial charge in [-0.2, -0.15) is 0 Å². The molecule has 0 saturated carbocycles. The maximum absolute atomic E-state index is 12.8. The minimum absolute atomic E-state index is 0.00516. The topological polar surface area (TPSA) is 66.9 Å². The van der Waals surface area contributed by atoms with Gasteiger partial charge in [0, 0.05) is 13.1 Å². The Hall–Kier alpha value is -2.48. The number of ether oxygens (including phenoxy) is 1. The van der Waals surface area contributed by atoms with Crippen LogP contribution in [-0.4, -0.2) is 46.5 Å². The Kier molecular flexibility index (Phi) is 7.63. The molecular formula is C24H22Cl2N2O4S. The van der Waals surface area contributed by atoms with E-state index in [0.717, 1.165) is 43.3 Å². The van der Waals surface area contributed by atoms with Crippen molar-refractivity contribution >= 4 is 58.1 Å². The standard InChI is InChI=1S/C24H22Cl2N2O4S/c25-19-9-6-17(12-20(19)26)14-28-23(30)21(33-24(28)31)13-16-4-7-18(8-5-16)32-15-22(29)27-10-2-1-3-11-27/h4-9,12-13H,1-3,10-11,14-15H2/b21-13-. The highest BCUT2D eigenvalue weighted by atomic mass is 35.5. The van der Waals surface area contributed by atoms with Crippen molar-refractivity contribution in [2.75, 3.05) is 19.7 Å². The normalized spacial score (nSPS) is 17.7. The Morgan fingerprint density at radius 2 is 1.73 bits per heavy atom. The monoisotopic (exact) mass is 504 g/mol. The van der Waals surface area contributed by atoms with Gasteiger partial charge in [-0.05, 0) is 72.5 Å². The molecule has 0 spiro atoms. The number of piperidine rings is 1. The fraction of sp³-hybridized carbons (Fsp3) is 0.292. The molecule has 2 aliphatic rings. The molecule has 2 heterocycles. The average molecular weight is 505 g/mol. The molecule has 172 valence electrons. The number of rotatable bonds is 6. The van der Waals surface area contributed by atoms with E-state index >= 15 is 0 Å². The summed E-state index contributed by atoms with van der Waals surface area (Å²) in [5.41, 5.74) is 1.47. The minimum Gasteiger partial charge on any atom is -0.484 e. The highest BCUT2D eigenvalue weighted by Crippen LogP contribution is 2.34. The summed E-state index contributed by atoms with van der Waals surface area (Å²) in [5.74, 6) is 0.211. The van der Waals surface area contributed by atoms with Gasteiger partial charge in [0.25, 0.3) is 17.1 Å². The van der Waals surface area contributed by atoms with Gasteiger partial charge in [-0.25, -0.2) is 0 Å². The molecule has 0 unspecified atom stereocenters. The summed E-state index contributed by atoms with van der Waals surface area (Å²) in [5, 5.41) is 0.447. The van der Waals surface area contributed by atoms with Crippen LogP contribution in [0.25, 0.3) is 6.08 Å². The van der Waals surface area contributed by atoms with Crippen molar-refractivity contribution in [2.24, 2.45) is 0 Å². The van der Waals surface area contributed by atoms with Crippen molar-refractivity contribution in [3.8, 4) is 5.75 Å². The lowest BCUT2D eigenvalue weighted by atomic mass is 10.1. The zero-order valence-electron chi connectivity index (χ0n) is 17.8. The van der Waals surface area contributed by atoms with E-state index in [4.69, 9.17) is 27.9 Å². The number of likely N-dealkylation sites (tertiary alicyclic amines) is 1. The molecule has 0 radical (unpaired) electrons. The second-order valence-corrected chi connectivity index (χ2v) is 9.62. The van der Waals surface area contributed by atoms with E-state index in [-0.39, 0.29) is 30.2 Å². The fourth-order valence-corrected chi connectivity index (χ4v) is 4.81. The molecule has 2 aromatic rings. The quantitative estimate of drug-likeness (QED) is 0.477. The van der Waals surface area contributed by atoms with Gasteiger partial charge in [-0.3, -0.25) is 19.3 Å². The molecule has 2 fully saturated rings. The average Bonchev–Trinajstić information content (AvgIpc) is 3.08. The van der Waals surface area contributed by atoms with Crippen molar-refractivity contribution in [3.63, 3.8) is 0 Å². The molecule has 2 saturated heterocycles. The second-order valence-electron chi connectivity index (χ2n) is 7.82. The van der Waals surface area contributed by atoms with Crippen LogP contribution < -0.4 is 4.74 Å². The van der Waals surface area contributed by atoms with Crippen LogP contribution >= 0.6 is 35.0 Å². The smallest absolute Gasteiger partial charge is 0.293 e. The first-order valence-corrected chi connectivity index (χ1v) is 12.2. The summed E-state index contributed by atoms with van der Waals surface area (Å²) in [6.45, 7) is 1.71. The Balaban J connectivity index is 1.36. The molecule has 0 N–H and O–H groups in total. The maximum Gasteiger partial charge on any atom is 0.293 e. The summed E-state index contributed by atoms with van der Waals surface area (Å²) in [6.07, 6.45) is 4.92. The van der Waals surface area contributed by atoms with E-state index in [1.807, 2.05) is 4.90 Å². The minimum atomic E-state index is -0.358. The SMILES string of the molecule is O=C(COc1ccc(/C=C2\SC(=O)N(Cc3ccc(Cl)c(Cl)c3)C2=O)cc1)N1CCCCC1. The summed E-state index contributed by atoms with van der Waals surface area (Å²) in [6, 6.07) is 12.1. The van der Waals surface area contributed by atoms with Crippen LogP contribution in [-0.2, 0) is 16.1 Å². The highest BCUT2D eigenvalue weighted by molar-refractivity contribution is 8.18. The van der Waals surface area contributed by atoms with Crippen molar-refractivity contribution in [2.45, 2.75) is 25.8 Å². The Labute approximate surface area is 206 Å². The molecule has 4 rings (SSSR count). The van der Waals surface area contributed by atoms with Gasteiger partial charge in [-0.15, -0.1) is 0 Å². The number of amides is 3. The molecule has 0 bridgehead atoms. The van der Waals surface area contributed by atoms with Crippen LogP contribution in [0, 0.1) is 0 Å². The number of thioether (sulfide) groups is 1. The van der Waals surface area contributed by atoms with E-state index in [0.29, 0.717) is 26.3 Å². The first-order chi connectivity index (χ1) is 15.9. The number of hydrogen-bond acceptors (Lipinski definition) is 5. The molecule has 0 aromatic heterocycles. The maximum atomic E-state index is 12.8. The second kappa shape index (κ2) is 10.6. The molecular weight excluding hydrogens is 483 g/mol. The Bertz CT molecular complexity index is 1100. The summed E-state index contributed by atoms with van der Waals surface area (Å²) >= 11 is 12.9. The molecule has 2 aliphatic heterocycles. The van der Waals surface area contributed by atoms with Crippen LogP contribution in [0.4, 0.5) is 4.79 Å². The molecule has 0 aliphatic carbocycles. The predicted octanol–water partition coefficient (Wildman–Crippen LogP) is 5.62. The fourth-order valence-electron chi connectivity index (χ4n) is 3.65. The first-order valence-electron chi connectivity index (χ1n) is 10.6. The highest BCUT2D eigenvalue weighted by Gasteiger charge is 2.35. The van der Waals surface area contributed by atoms with E-state index in [1.165, 1.54) is 11.3 Å². The molecule has 2 aromatic carbocycles. The van der Waals surface area contributed by atoms with Crippen LogP contribution in [0.1, 0.15) is 30.4 Å². The molecule has 3 amide bonds. The van der Waals surface area contributed by atoms with Crippen molar-refractivity contribution in [3.05, 3.63) is 68.5 Å². The number of benzene rings is 2. The van der Waals surface area contributed by atoms with E-state index in [9.17, 15) is 14.4 Å². The Morgan fingerprint density at radius 3 is 2.42 bits per heavy atom. The van der Waals surface area contributed by atoms with Crippen LogP contribution in [0.3, 0.4) is 0 Å². The summed E-state index contributed by atoms with van der Waals surface area (Å²) in [7, 11) is 0. The number of carbonyl (C=O) groups is 3. The molecule has 0 atom stereocenters. The van der Waals surface area contributed by atoms with Gasteiger partial charge in [0.15, 0.2) is 6.61 Å². The van der Waals surface area contributed by atoms with Crippen LogP contribution in [0.5, 0.6) is 5.75 Å². The number of carbonyl (C=O) groups excluding carboxylic acids is 3. The lowest BCUT2D eigenvalue weighted by Crippen LogP contribution is -2.38. The number of imide groups is 1. The van der Waals surface area contributed by atoms with Gasteiger partial charge < -0.3 is 9.64 Å². The first kappa shape index (κ1) is 23.7. The summed E-state index contributed by atoms with van der Waals surface area (Å²) < 4.78 is 5.62. The van der Waals surface area contributed by atoms with Gasteiger partial charge >= 0.3 is 0 Å². The van der Waals surface area contributed by atoms with Gasteiger partial charge in [0.1, 0.15) is 5.75 Å². The number of halogens is 2. The third kappa shape index (κ3) is 5.91. The van der Waals surface area contributed by atoms with Crippen LogP contribution in [0.2, 0.25) is 10.0 Å². The summed E-state index contributed by atoms with van der Waals surface area (Å²) in [4.78, 5) is 40.7.